The fourth-order valence-electron chi connectivity index (χ4n) is 3.93. The summed E-state index contributed by atoms with van der Waals surface area (Å²) < 4.78 is 15.3. The van der Waals surface area contributed by atoms with Crippen LogP contribution in [0.5, 0.6) is 0 Å². The normalized spacial score (nSPS) is 12.3. The van der Waals surface area contributed by atoms with Gasteiger partial charge in [0.1, 0.15) is 11.9 Å². The SMILES string of the molecule is CC(C)C(NC(=O)c1ccc(Cl)c(Cl)c1)C(=O)N/N=C\c1cn(Cc2ccc(F)cc2)c2ccccc12. The number of para-hydroxylation sites is 1. The first-order valence-electron chi connectivity index (χ1n) is 11.6. The van der Waals surface area contributed by atoms with Gasteiger partial charge in [0.05, 0.1) is 16.3 Å². The van der Waals surface area contributed by atoms with Crippen LogP contribution in [0.4, 0.5) is 4.39 Å². The maximum atomic E-state index is 13.3. The van der Waals surface area contributed by atoms with E-state index in [1.165, 1.54) is 24.3 Å². The molecule has 1 aromatic heterocycles. The molecule has 0 bridgehead atoms. The summed E-state index contributed by atoms with van der Waals surface area (Å²) >= 11 is 11.9. The molecular weight excluding hydrogens is 514 g/mol. The highest BCUT2D eigenvalue weighted by atomic mass is 35.5. The van der Waals surface area contributed by atoms with Gasteiger partial charge < -0.3 is 9.88 Å². The minimum absolute atomic E-state index is 0.195. The maximum absolute atomic E-state index is 13.3. The lowest BCUT2D eigenvalue weighted by molar-refractivity contribution is -0.123. The van der Waals surface area contributed by atoms with Crippen LogP contribution in [-0.4, -0.2) is 28.6 Å². The number of halogens is 3. The van der Waals surface area contributed by atoms with Gasteiger partial charge in [-0.3, -0.25) is 9.59 Å². The first-order chi connectivity index (χ1) is 17.7. The Balaban J connectivity index is 1.48. The lowest BCUT2D eigenvalue weighted by Gasteiger charge is -2.20. The van der Waals surface area contributed by atoms with Crippen molar-refractivity contribution < 1.29 is 14.0 Å². The molecule has 0 fully saturated rings. The van der Waals surface area contributed by atoms with Gasteiger partial charge in [-0.2, -0.15) is 5.10 Å². The molecule has 0 aliphatic heterocycles. The number of hydrazone groups is 1. The molecule has 3 aromatic carbocycles. The quantitative estimate of drug-likeness (QED) is 0.212. The molecule has 6 nitrogen and oxygen atoms in total. The van der Waals surface area contributed by atoms with E-state index in [0.717, 1.165) is 22.0 Å². The Morgan fingerprint density at radius 2 is 1.76 bits per heavy atom. The molecule has 0 saturated carbocycles. The van der Waals surface area contributed by atoms with Gasteiger partial charge in [-0.05, 0) is 47.9 Å². The number of aromatic nitrogens is 1. The highest BCUT2D eigenvalue weighted by molar-refractivity contribution is 6.42. The second kappa shape index (κ2) is 11.6. The summed E-state index contributed by atoms with van der Waals surface area (Å²) in [5.74, 6) is -1.37. The van der Waals surface area contributed by atoms with Crippen molar-refractivity contribution in [2.45, 2.75) is 26.4 Å². The molecule has 4 rings (SSSR count). The van der Waals surface area contributed by atoms with E-state index in [1.807, 2.05) is 48.9 Å². The van der Waals surface area contributed by atoms with Crippen molar-refractivity contribution in [2.75, 3.05) is 0 Å². The van der Waals surface area contributed by atoms with Crippen molar-refractivity contribution in [2.24, 2.45) is 11.0 Å². The first-order valence-corrected chi connectivity index (χ1v) is 12.4. The monoisotopic (exact) mass is 538 g/mol. The molecule has 190 valence electrons. The number of benzene rings is 3. The van der Waals surface area contributed by atoms with Crippen LogP contribution in [-0.2, 0) is 11.3 Å². The Morgan fingerprint density at radius 1 is 1.03 bits per heavy atom. The number of fused-ring (bicyclic) bond motifs is 1. The lowest BCUT2D eigenvalue weighted by atomic mass is 10.0. The Labute approximate surface area is 224 Å². The smallest absolute Gasteiger partial charge is 0.262 e. The number of carbonyl (C=O) groups is 2. The second-order valence-electron chi connectivity index (χ2n) is 8.91. The standard InChI is InChI=1S/C28H25Cl2FN4O2/c1-17(2)26(33-27(36)19-9-12-23(29)24(30)13-19)28(37)34-32-14-20-16-35(25-6-4-3-5-22(20)25)15-18-7-10-21(31)11-8-18/h3-14,16-17,26H,15H2,1-2H3,(H,33,36)(H,34,37)/b32-14-. The van der Waals surface area contributed by atoms with Crippen LogP contribution in [0, 0.1) is 11.7 Å². The van der Waals surface area contributed by atoms with Gasteiger partial charge in [0, 0.05) is 34.8 Å². The van der Waals surface area contributed by atoms with Crippen LogP contribution in [0.25, 0.3) is 10.9 Å². The molecule has 0 radical (unpaired) electrons. The molecular formula is C28H25Cl2FN4O2. The molecule has 1 unspecified atom stereocenters. The summed E-state index contributed by atoms with van der Waals surface area (Å²) in [6.45, 7) is 4.20. The van der Waals surface area contributed by atoms with E-state index in [2.05, 4.69) is 15.8 Å². The zero-order valence-corrected chi connectivity index (χ0v) is 21.7. The van der Waals surface area contributed by atoms with E-state index in [4.69, 9.17) is 23.2 Å². The lowest BCUT2D eigenvalue weighted by Crippen LogP contribution is -2.48. The van der Waals surface area contributed by atoms with E-state index in [-0.39, 0.29) is 16.8 Å². The van der Waals surface area contributed by atoms with Crippen LogP contribution in [0.15, 0.2) is 78.0 Å². The van der Waals surface area contributed by atoms with Gasteiger partial charge in [-0.1, -0.05) is 67.4 Å². The van der Waals surface area contributed by atoms with Crippen LogP contribution in [0.3, 0.4) is 0 Å². The minimum atomic E-state index is -0.820. The molecule has 0 aliphatic carbocycles. The minimum Gasteiger partial charge on any atom is -0.342 e. The van der Waals surface area contributed by atoms with Gasteiger partial charge in [0.25, 0.3) is 11.8 Å². The summed E-state index contributed by atoms with van der Waals surface area (Å²) in [4.78, 5) is 25.6. The average Bonchev–Trinajstić information content (AvgIpc) is 3.22. The third-order valence-corrected chi connectivity index (χ3v) is 6.62. The molecule has 1 atom stereocenters. The molecule has 1 heterocycles. The summed E-state index contributed by atoms with van der Waals surface area (Å²) in [6.07, 6.45) is 3.50. The van der Waals surface area contributed by atoms with Crippen LogP contribution in [0.2, 0.25) is 10.0 Å². The molecule has 37 heavy (non-hydrogen) atoms. The third kappa shape index (κ3) is 6.37. The number of rotatable bonds is 8. The summed E-state index contributed by atoms with van der Waals surface area (Å²) in [5, 5.41) is 8.44. The Hall–Kier alpha value is -3.68. The third-order valence-electron chi connectivity index (χ3n) is 5.88. The van der Waals surface area contributed by atoms with Crippen LogP contribution >= 0.6 is 23.2 Å². The van der Waals surface area contributed by atoms with Crippen molar-refractivity contribution in [1.29, 1.82) is 0 Å². The van der Waals surface area contributed by atoms with Crippen molar-refractivity contribution in [1.82, 2.24) is 15.3 Å². The Morgan fingerprint density at radius 3 is 2.46 bits per heavy atom. The van der Waals surface area contributed by atoms with E-state index >= 15 is 0 Å². The van der Waals surface area contributed by atoms with Gasteiger partial charge in [0.2, 0.25) is 0 Å². The van der Waals surface area contributed by atoms with Crippen LogP contribution in [0.1, 0.15) is 35.3 Å². The van der Waals surface area contributed by atoms with E-state index in [9.17, 15) is 14.0 Å². The number of hydrogen-bond acceptors (Lipinski definition) is 3. The number of nitrogens with one attached hydrogen (secondary N) is 2. The number of hydrogen-bond donors (Lipinski definition) is 2. The molecule has 0 saturated heterocycles. The fraction of sp³-hybridized carbons (Fsp3) is 0.179. The van der Waals surface area contributed by atoms with Crippen LogP contribution < -0.4 is 10.7 Å². The molecule has 9 heteroatoms. The summed E-state index contributed by atoms with van der Waals surface area (Å²) in [7, 11) is 0. The van der Waals surface area contributed by atoms with Gasteiger partial charge >= 0.3 is 0 Å². The van der Waals surface area contributed by atoms with Gasteiger partial charge in [-0.15, -0.1) is 0 Å². The van der Waals surface area contributed by atoms with E-state index < -0.39 is 17.9 Å². The average molecular weight is 539 g/mol. The molecule has 0 aliphatic rings. The maximum Gasteiger partial charge on any atom is 0.262 e. The summed E-state index contributed by atoms with van der Waals surface area (Å²) in [5.41, 5.74) is 5.57. The van der Waals surface area contributed by atoms with Gasteiger partial charge in [0.15, 0.2) is 0 Å². The Bertz CT molecular complexity index is 1470. The number of nitrogens with zero attached hydrogens (tertiary/aromatic N) is 2. The van der Waals surface area contributed by atoms with Gasteiger partial charge in [-0.25, -0.2) is 9.82 Å². The zero-order valence-electron chi connectivity index (χ0n) is 20.2. The second-order valence-corrected chi connectivity index (χ2v) is 9.73. The molecule has 4 aromatic rings. The van der Waals surface area contributed by atoms with Crippen molar-refractivity contribution in [3.8, 4) is 0 Å². The van der Waals surface area contributed by atoms with Crippen molar-refractivity contribution >= 4 is 52.1 Å². The zero-order chi connectivity index (χ0) is 26.5. The topological polar surface area (TPSA) is 75.5 Å². The highest BCUT2D eigenvalue weighted by Crippen LogP contribution is 2.23. The first kappa shape index (κ1) is 26.4. The predicted octanol–water partition coefficient (Wildman–Crippen LogP) is 6.04. The molecule has 0 spiro atoms. The highest BCUT2D eigenvalue weighted by Gasteiger charge is 2.25. The van der Waals surface area contributed by atoms with E-state index in [0.29, 0.717) is 17.1 Å². The summed E-state index contributed by atoms with van der Waals surface area (Å²) in [6, 6.07) is 17.9. The molecule has 2 amide bonds. The Kier molecular flexibility index (Phi) is 8.26. The van der Waals surface area contributed by atoms with Crippen molar-refractivity contribution in [3.63, 3.8) is 0 Å². The van der Waals surface area contributed by atoms with Crippen molar-refractivity contribution in [3.05, 3.63) is 105 Å². The largest absolute Gasteiger partial charge is 0.342 e. The van der Waals surface area contributed by atoms with E-state index in [1.54, 1.807) is 24.4 Å². The molecule has 2 N–H and O–H groups in total. The number of amides is 2. The predicted molar refractivity (Wildman–Crippen MR) is 146 cm³/mol. The fourth-order valence-corrected chi connectivity index (χ4v) is 4.23. The number of carbonyl (C=O) groups excluding carboxylic acids is 2.